The lowest BCUT2D eigenvalue weighted by molar-refractivity contribution is 0.0685. The summed E-state index contributed by atoms with van der Waals surface area (Å²) in [6, 6.07) is 0. The van der Waals surface area contributed by atoms with Gasteiger partial charge >= 0.3 is 5.97 Å². The zero-order chi connectivity index (χ0) is 43.0. The van der Waals surface area contributed by atoms with E-state index in [1.54, 1.807) is 23.5 Å². The van der Waals surface area contributed by atoms with Crippen LogP contribution in [0.25, 0.3) is 0 Å². The fourth-order valence-corrected chi connectivity index (χ4v) is 13.0. The summed E-state index contributed by atoms with van der Waals surface area (Å²) in [7, 11) is 0. The van der Waals surface area contributed by atoms with E-state index in [1.165, 1.54) is 167 Å². The van der Waals surface area contributed by atoms with Crippen LogP contribution >= 0.6 is 47.0 Å². The number of thioether (sulfide) groups is 4. The average molecular weight is 899 g/mol. The van der Waals surface area contributed by atoms with Gasteiger partial charge in [-0.15, -0.1) is 47.0 Å². The number of aliphatic hydroxyl groups excluding tert-OH is 1. The fraction of sp³-hybridized carbons (Fsp3) is 0.840. The summed E-state index contributed by atoms with van der Waals surface area (Å²) in [4.78, 5) is 31.6. The molecule has 0 radical (unpaired) electrons. The van der Waals surface area contributed by atoms with Gasteiger partial charge in [0.1, 0.15) is 0 Å². The molecule has 0 aromatic heterocycles. The number of amides is 1. The highest BCUT2D eigenvalue weighted by Gasteiger charge is 2.32. The number of carbonyl (C=O) groups is 2. The first-order valence-electron chi connectivity index (χ1n) is 24.9. The van der Waals surface area contributed by atoms with Crippen molar-refractivity contribution in [3.8, 4) is 0 Å². The number of unbranched alkanes of at least 4 members (excludes halogenated alkanes) is 28. The van der Waals surface area contributed by atoms with Crippen LogP contribution in [0.5, 0.6) is 0 Å². The van der Waals surface area contributed by atoms with Crippen LogP contribution in [-0.2, 0) is 0 Å². The number of rotatable bonds is 44. The molecule has 0 saturated carbocycles. The monoisotopic (exact) mass is 898 g/mol. The molecule has 1 rings (SSSR count). The van der Waals surface area contributed by atoms with E-state index in [0.717, 1.165) is 81.1 Å². The molecule has 0 aliphatic rings. The predicted molar refractivity (Wildman–Crippen MR) is 266 cm³/mol. The van der Waals surface area contributed by atoms with E-state index < -0.39 is 5.97 Å². The molecule has 0 aliphatic heterocycles. The molecule has 1 amide bonds. The fourth-order valence-electron chi connectivity index (χ4n) is 7.52. The molecular weight excluding hydrogens is 807 g/mol. The number of aliphatic hydroxyl groups is 1. The third-order valence-electron chi connectivity index (χ3n) is 11.1. The van der Waals surface area contributed by atoms with Crippen LogP contribution in [0.2, 0.25) is 0 Å². The summed E-state index contributed by atoms with van der Waals surface area (Å²) in [5, 5.41) is 23.7. The van der Waals surface area contributed by atoms with Crippen molar-refractivity contribution in [1.82, 2.24) is 5.32 Å². The molecule has 0 spiro atoms. The van der Waals surface area contributed by atoms with Crippen molar-refractivity contribution in [2.24, 2.45) is 0 Å². The minimum Gasteiger partial charge on any atom is -0.478 e. The second kappa shape index (κ2) is 41.5. The second-order valence-electron chi connectivity index (χ2n) is 16.6. The highest BCUT2D eigenvalue weighted by molar-refractivity contribution is 8.04. The van der Waals surface area contributed by atoms with Crippen molar-refractivity contribution >= 4 is 58.9 Å². The first-order valence-corrected chi connectivity index (χ1v) is 28.8. The van der Waals surface area contributed by atoms with Gasteiger partial charge in [-0.2, -0.15) is 0 Å². The molecule has 0 atom stereocenters. The van der Waals surface area contributed by atoms with Gasteiger partial charge in [-0.1, -0.05) is 207 Å². The minimum atomic E-state index is -1.01. The van der Waals surface area contributed by atoms with Crippen LogP contribution in [0.4, 0.5) is 0 Å². The predicted octanol–water partition coefficient (Wildman–Crippen LogP) is 17.0. The summed E-state index contributed by atoms with van der Waals surface area (Å²) >= 11 is 7.12. The quantitative estimate of drug-likeness (QED) is 0.0441. The molecule has 5 nitrogen and oxygen atoms in total. The van der Waals surface area contributed by atoms with E-state index in [-0.39, 0.29) is 24.6 Å². The van der Waals surface area contributed by atoms with Crippen LogP contribution in [-0.4, -0.2) is 58.3 Å². The summed E-state index contributed by atoms with van der Waals surface area (Å²) < 4.78 is 0. The maximum absolute atomic E-state index is 14.2. The highest BCUT2D eigenvalue weighted by Crippen LogP contribution is 2.49. The Balaban J connectivity index is 3.53. The Hall–Kier alpha value is -0.480. The lowest BCUT2D eigenvalue weighted by Crippen LogP contribution is -2.29. The molecule has 344 valence electrons. The van der Waals surface area contributed by atoms with Crippen molar-refractivity contribution in [3.05, 3.63) is 11.1 Å². The Morgan fingerprint density at radius 1 is 0.390 bits per heavy atom. The first-order chi connectivity index (χ1) is 29.0. The Labute approximate surface area is 381 Å². The Morgan fingerprint density at radius 2 is 0.644 bits per heavy atom. The highest BCUT2D eigenvalue weighted by atomic mass is 32.2. The number of carboxylic acid groups (broad SMARTS) is 1. The van der Waals surface area contributed by atoms with E-state index in [2.05, 4.69) is 33.0 Å². The largest absolute Gasteiger partial charge is 0.478 e. The summed E-state index contributed by atoms with van der Waals surface area (Å²) in [6.07, 6.45) is 40.0. The van der Waals surface area contributed by atoms with E-state index in [9.17, 15) is 19.8 Å². The van der Waals surface area contributed by atoms with Crippen LogP contribution in [0, 0.1) is 0 Å². The van der Waals surface area contributed by atoms with E-state index in [0.29, 0.717) is 5.56 Å². The van der Waals surface area contributed by atoms with Gasteiger partial charge in [-0.25, -0.2) is 4.79 Å². The molecule has 59 heavy (non-hydrogen) atoms. The maximum atomic E-state index is 14.2. The van der Waals surface area contributed by atoms with Crippen LogP contribution in [0.3, 0.4) is 0 Å². The summed E-state index contributed by atoms with van der Waals surface area (Å²) in [6.45, 7) is 8.99. The smallest absolute Gasteiger partial charge is 0.337 e. The lowest BCUT2D eigenvalue weighted by atomic mass is 10.1. The topological polar surface area (TPSA) is 86.6 Å². The van der Waals surface area contributed by atoms with Gasteiger partial charge in [0.05, 0.1) is 17.7 Å². The van der Waals surface area contributed by atoms with Crippen LogP contribution in [0.15, 0.2) is 19.6 Å². The number of aromatic carboxylic acids is 1. The van der Waals surface area contributed by atoms with Crippen LogP contribution < -0.4 is 5.32 Å². The lowest BCUT2D eigenvalue weighted by Gasteiger charge is -2.24. The van der Waals surface area contributed by atoms with Gasteiger partial charge in [0.25, 0.3) is 5.91 Å². The third-order valence-corrected chi connectivity index (χ3v) is 16.3. The first kappa shape index (κ1) is 56.5. The van der Waals surface area contributed by atoms with Crippen molar-refractivity contribution < 1.29 is 19.8 Å². The van der Waals surface area contributed by atoms with Gasteiger partial charge in [0, 0.05) is 26.1 Å². The van der Waals surface area contributed by atoms with Crippen molar-refractivity contribution in [2.75, 3.05) is 36.2 Å². The number of hydrogen-bond donors (Lipinski definition) is 3. The molecule has 0 fully saturated rings. The zero-order valence-corrected chi connectivity index (χ0v) is 42.0. The molecule has 0 bridgehead atoms. The zero-order valence-electron chi connectivity index (χ0n) is 38.7. The van der Waals surface area contributed by atoms with Gasteiger partial charge in [0.15, 0.2) is 0 Å². The van der Waals surface area contributed by atoms with Crippen LogP contribution in [0.1, 0.15) is 254 Å². The summed E-state index contributed by atoms with van der Waals surface area (Å²) in [5.74, 6) is 2.27. The van der Waals surface area contributed by atoms with Gasteiger partial charge < -0.3 is 15.5 Å². The molecule has 1 aromatic carbocycles. The van der Waals surface area contributed by atoms with Gasteiger partial charge in [-0.3, -0.25) is 4.79 Å². The molecule has 3 N–H and O–H groups in total. The number of carboxylic acids is 1. The Kier molecular flexibility index (Phi) is 39.8. The van der Waals surface area contributed by atoms with Crippen molar-refractivity contribution in [2.45, 2.75) is 253 Å². The van der Waals surface area contributed by atoms with Crippen molar-refractivity contribution in [3.63, 3.8) is 0 Å². The molecule has 0 heterocycles. The molecular formula is C50H91NO4S4. The maximum Gasteiger partial charge on any atom is 0.337 e. The Bertz CT molecular complexity index is 1170. The summed E-state index contributed by atoms with van der Waals surface area (Å²) in [5.41, 5.74) is 0.502. The third kappa shape index (κ3) is 28.0. The van der Waals surface area contributed by atoms with E-state index in [4.69, 9.17) is 0 Å². The molecule has 0 aliphatic carbocycles. The molecule has 0 saturated heterocycles. The number of benzene rings is 1. The average Bonchev–Trinajstić information content (AvgIpc) is 3.23. The van der Waals surface area contributed by atoms with E-state index in [1.807, 2.05) is 23.5 Å². The van der Waals surface area contributed by atoms with Gasteiger partial charge in [0.2, 0.25) is 0 Å². The number of nitrogens with one attached hydrogen (secondary N) is 1. The standard InChI is InChI=1S/C50H91NO4S4/c1-5-9-13-17-21-25-29-33-39-56-45-43(49(53)51-37-38-52)44(50(54)55)46(57-40-34-30-26-22-18-14-10-6-2)48(59-42-36-32-28-24-20-16-12-8-4)47(45)58-41-35-31-27-23-19-15-11-7-3/h52H,5-42H2,1-4H3,(H,51,53)(H,54,55). The second-order valence-corrected chi connectivity index (χ2v) is 21.1. The number of carbonyl (C=O) groups excluding carboxylic acids is 1. The molecule has 1 aromatic rings. The van der Waals surface area contributed by atoms with Gasteiger partial charge in [-0.05, 0) is 48.7 Å². The minimum absolute atomic E-state index is 0.108. The Morgan fingerprint density at radius 3 is 0.915 bits per heavy atom. The molecule has 9 heteroatoms. The van der Waals surface area contributed by atoms with Crippen molar-refractivity contribution in [1.29, 1.82) is 0 Å². The normalized spacial score (nSPS) is 11.5. The van der Waals surface area contributed by atoms with E-state index >= 15 is 0 Å². The number of hydrogen-bond acceptors (Lipinski definition) is 7. The molecule has 0 unspecified atom stereocenters. The SMILES string of the molecule is CCCCCCCCCCSc1c(SCCCCCCCCCC)c(SCCCCCCCCCC)c(C(=O)NCCO)c(C(=O)O)c1SCCCCCCCCCC.